The fourth-order valence-electron chi connectivity index (χ4n) is 1.96. The number of hydrogen-bond acceptors (Lipinski definition) is 6. The van der Waals surface area contributed by atoms with Crippen molar-refractivity contribution in [1.29, 1.82) is 0 Å². The zero-order chi connectivity index (χ0) is 21.3. The molecule has 0 aliphatic carbocycles. The number of carbonyl (C=O) groups is 1. The minimum atomic E-state index is -0.500. The summed E-state index contributed by atoms with van der Waals surface area (Å²) in [5.74, 6) is 8.00. The maximum absolute atomic E-state index is 9.89. The van der Waals surface area contributed by atoms with Gasteiger partial charge in [-0.1, -0.05) is 66.7 Å². The molecule has 0 saturated carbocycles. The highest BCUT2D eigenvalue weighted by Gasteiger charge is 2.11. The summed E-state index contributed by atoms with van der Waals surface area (Å²) in [7, 11) is 0. The van der Waals surface area contributed by atoms with Gasteiger partial charge in [0.2, 0.25) is 0 Å². The highest BCUT2D eigenvalue weighted by Crippen LogP contribution is 2.17. The Balaban J connectivity index is 0.000000398. The van der Waals surface area contributed by atoms with Crippen molar-refractivity contribution >= 4 is 18.6 Å². The Morgan fingerprint density at radius 3 is 1.96 bits per heavy atom. The first-order valence-electron chi connectivity index (χ1n) is 8.95. The number of nitrogens with two attached hydrogens (primary N) is 2. The summed E-state index contributed by atoms with van der Waals surface area (Å²) < 4.78 is 0. The lowest BCUT2D eigenvalue weighted by molar-refractivity contribution is -0.104. The van der Waals surface area contributed by atoms with E-state index in [1.165, 1.54) is 11.6 Å². The van der Waals surface area contributed by atoms with Crippen LogP contribution in [0.25, 0.3) is 6.08 Å². The second-order valence-corrected chi connectivity index (χ2v) is 6.72. The van der Waals surface area contributed by atoms with Crippen molar-refractivity contribution in [2.75, 3.05) is 0 Å². The third-order valence-corrected chi connectivity index (χ3v) is 3.03. The van der Waals surface area contributed by atoms with Crippen molar-refractivity contribution in [3.63, 3.8) is 0 Å². The summed E-state index contributed by atoms with van der Waals surface area (Å²) >= 11 is 0. The zero-order valence-electron chi connectivity index (χ0n) is 16.8. The van der Waals surface area contributed by atoms with Crippen LogP contribution in [0, 0.1) is 0 Å². The van der Waals surface area contributed by atoms with Gasteiger partial charge in [0.25, 0.3) is 0 Å². The maximum Gasteiger partial charge on any atom is 0.142 e. The van der Waals surface area contributed by atoms with Gasteiger partial charge in [0, 0.05) is 12.6 Å². The van der Waals surface area contributed by atoms with E-state index in [0.717, 1.165) is 18.3 Å². The molecule has 0 aromatic heterocycles. The lowest BCUT2D eigenvalue weighted by Crippen LogP contribution is -2.10. The normalized spacial score (nSPS) is 14.4. The molecule has 6 N–H and O–H groups in total. The van der Waals surface area contributed by atoms with Crippen LogP contribution >= 0.6 is 0 Å². The van der Waals surface area contributed by atoms with Gasteiger partial charge in [-0.15, -0.1) is 0 Å². The standard InChI is InChI=1S/C9H10N2.C9H8O.C4H10O.H4N2/c1-2-4-8(5-3-1)9-6-7-10-11-9;10-8-4-7-9-5-2-1-3-6-9;1-4(2,3)5;1-2/h1-5,7,9,11H,6H2;1-8H;5H,1-3H3;1-2H2/b;7-4+;;. The molecule has 0 fully saturated rings. The van der Waals surface area contributed by atoms with Crippen molar-refractivity contribution < 1.29 is 9.90 Å². The van der Waals surface area contributed by atoms with Crippen molar-refractivity contribution in [2.45, 2.75) is 38.8 Å². The Hall–Kier alpha value is -2.80. The summed E-state index contributed by atoms with van der Waals surface area (Å²) in [4.78, 5) is 9.89. The lowest BCUT2D eigenvalue weighted by atomic mass is 10.1. The molecule has 1 heterocycles. The van der Waals surface area contributed by atoms with Crippen LogP contribution in [0.5, 0.6) is 0 Å². The number of allylic oxidation sites excluding steroid dienone is 1. The highest BCUT2D eigenvalue weighted by atomic mass is 16.3. The van der Waals surface area contributed by atoms with E-state index < -0.39 is 5.60 Å². The Kier molecular flexibility index (Phi) is 13.7. The third-order valence-electron chi connectivity index (χ3n) is 3.03. The minimum Gasteiger partial charge on any atom is -0.391 e. The molecule has 3 rings (SSSR count). The van der Waals surface area contributed by atoms with Crippen LogP contribution in [-0.4, -0.2) is 23.2 Å². The van der Waals surface area contributed by atoms with Gasteiger partial charge in [-0.25, -0.2) is 0 Å². The second-order valence-electron chi connectivity index (χ2n) is 6.72. The first-order valence-corrected chi connectivity index (χ1v) is 8.95. The molecule has 6 nitrogen and oxygen atoms in total. The number of benzene rings is 2. The highest BCUT2D eigenvalue weighted by molar-refractivity contribution is 5.73. The van der Waals surface area contributed by atoms with E-state index in [-0.39, 0.29) is 0 Å². The van der Waals surface area contributed by atoms with Gasteiger partial charge in [0.15, 0.2) is 0 Å². The quantitative estimate of drug-likeness (QED) is 0.281. The summed E-state index contributed by atoms with van der Waals surface area (Å²) in [6, 6.07) is 20.5. The predicted octanol–water partition coefficient (Wildman–Crippen LogP) is 3.20. The molecule has 0 saturated heterocycles. The fourth-order valence-corrected chi connectivity index (χ4v) is 1.96. The van der Waals surface area contributed by atoms with E-state index in [1.54, 1.807) is 26.8 Å². The zero-order valence-corrected chi connectivity index (χ0v) is 16.8. The average molecular weight is 385 g/mol. The molecule has 2 aromatic carbocycles. The molecule has 0 amide bonds. The number of nitrogens with zero attached hydrogens (tertiary/aromatic N) is 1. The first kappa shape index (κ1) is 25.2. The van der Waals surface area contributed by atoms with Crippen molar-refractivity contribution in [3.05, 3.63) is 77.9 Å². The monoisotopic (exact) mass is 384 g/mol. The van der Waals surface area contributed by atoms with Crippen LogP contribution < -0.4 is 17.1 Å². The van der Waals surface area contributed by atoms with Gasteiger partial charge in [0.05, 0.1) is 11.6 Å². The molecule has 6 heteroatoms. The molecule has 0 spiro atoms. The molecular weight excluding hydrogens is 352 g/mol. The molecule has 1 atom stereocenters. The first-order chi connectivity index (χ1) is 13.4. The summed E-state index contributed by atoms with van der Waals surface area (Å²) in [5, 5.41) is 12.5. The number of aldehydes is 1. The van der Waals surface area contributed by atoms with E-state index >= 15 is 0 Å². The second kappa shape index (κ2) is 15.3. The number of hydrazone groups is 1. The summed E-state index contributed by atoms with van der Waals surface area (Å²) in [6.07, 6.45) is 6.94. The van der Waals surface area contributed by atoms with Crippen molar-refractivity contribution in [3.8, 4) is 0 Å². The van der Waals surface area contributed by atoms with E-state index in [2.05, 4.69) is 46.5 Å². The third kappa shape index (κ3) is 14.4. The smallest absolute Gasteiger partial charge is 0.142 e. The number of aliphatic hydroxyl groups is 1. The number of rotatable bonds is 3. The maximum atomic E-state index is 9.89. The van der Waals surface area contributed by atoms with Crippen LogP contribution in [-0.2, 0) is 4.79 Å². The summed E-state index contributed by atoms with van der Waals surface area (Å²) in [6.45, 7) is 5.23. The lowest BCUT2D eigenvalue weighted by Gasteiger charge is -2.08. The van der Waals surface area contributed by atoms with Gasteiger partial charge in [-0.2, -0.15) is 5.10 Å². The minimum absolute atomic E-state index is 0.399. The molecule has 1 aliphatic rings. The number of hydrogen-bond donors (Lipinski definition) is 4. The average Bonchev–Trinajstić information content (AvgIpc) is 3.24. The van der Waals surface area contributed by atoms with Gasteiger partial charge < -0.3 is 10.5 Å². The number of carbonyl (C=O) groups excluding carboxylic acids is 1. The topological polar surface area (TPSA) is 114 Å². The predicted molar refractivity (Wildman–Crippen MR) is 117 cm³/mol. The Bertz CT molecular complexity index is 667. The van der Waals surface area contributed by atoms with E-state index in [9.17, 15) is 4.79 Å². The number of hydrazine groups is 1. The van der Waals surface area contributed by atoms with Crippen LogP contribution in [0.4, 0.5) is 0 Å². The SMILES string of the molecule is C1=NNC(c2ccccc2)C1.CC(C)(C)O.NN.O=C/C=C/c1ccccc1. The molecule has 0 bridgehead atoms. The van der Waals surface area contributed by atoms with Gasteiger partial charge in [-0.3, -0.25) is 16.5 Å². The van der Waals surface area contributed by atoms with Gasteiger partial charge in [0.1, 0.15) is 6.29 Å². The van der Waals surface area contributed by atoms with Crippen LogP contribution in [0.1, 0.15) is 44.4 Å². The fraction of sp³-hybridized carbons (Fsp3) is 0.273. The Morgan fingerprint density at radius 2 is 1.54 bits per heavy atom. The molecule has 1 unspecified atom stereocenters. The van der Waals surface area contributed by atoms with E-state index in [1.807, 2.05) is 42.6 Å². The largest absolute Gasteiger partial charge is 0.391 e. The molecule has 2 aromatic rings. The Labute approximate surface area is 167 Å². The Morgan fingerprint density at radius 1 is 1.04 bits per heavy atom. The summed E-state index contributed by atoms with van der Waals surface area (Å²) in [5.41, 5.74) is 4.90. The van der Waals surface area contributed by atoms with Crippen LogP contribution in [0.15, 0.2) is 71.8 Å². The van der Waals surface area contributed by atoms with Crippen molar-refractivity contribution in [1.82, 2.24) is 5.43 Å². The van der Waals surface area contributed by atoms with E-state index in [0.29, 0.717) is 6.04 Å². The van der Waals surface area contributed by atoms with Crippen LogP contribution in [0.2, 0.25) is 0 Å². The van der Waals surface area contributed by atoms with Gasteiger partial charge >= 0.3 is 0 Å². The van der Waals surface area contributed by atoms with Crippen molar-refractivity contribution in [2.24, 2.45) is 16.8 Å². The van der Waals surface area contributed by atoms with E-state index in [4.69, 9.17) is 5.11 Å². The molecule has 28 heavy (non-hydrogen) atoms. The molecule has 1 aliphatic heterocycles. The molecular formula is C22H32N4O2. The van der Waals surface area contributed by atoms with Crippen LogP contribution in [0.3, 0.4) is 0 Å². The molecule has 152 valence electrons. The molecule has 0 radical (unpaired) electrons. The van der Waals surface area contributed by atoms with Gasteiger partial charge in [-0.05, 0) is 38.0 Å². The number of nitrogens with one attached hydrogen (secondary N) is 1.